The second-order valence-corrected chi connectivity index (χ2v) is 5.50. The van der Waals surface area contributed by atoms with Crippen molar-refractivity contribution in [2.75, 3.05) is 0 Å². The van der Waals surface area contributed by atoms with Crippen LogP contribution in [0.5, 0.6) is 0 Å². The lowest BCUT2D eigenvalue weighted by atomic mass is 10.2. The fraction of sp³-hybridized carbons (Fsp3) is 0.250. The number of aryl methyl sites for hydroxylation is 3. The number of aromatic nitrogens is 4. The van der Waals surface area contributed by atoms with Crippen LogP contribution >= 0.6 is 0 Å². The molecule has 0 fully saturated rings. The average molecular weight is 312 g/mol. The van der Waals surface area contributed by atoms with E-state index in [9.17, 15) is 9.59 Å². The molecule has 118 valence electrons. The molecule has 3 rings (SSSR count). The zero-order valence-electron chi connectivity index (χ0n) is 13.1. The molecule has 7 heteroatoms. The van der Waals surface area contributed by atoms with Crippen LogP contribution in [-0.2, 0) is 11.3 Å². The standard InChI is InChI=1S/C16H16N4O3/c1-9-4-6-12(7-5-9)20-11(3)14-10(2)17-19(8-13(21)22)16(23)15(14)18-20/h4-7H,8H2,1-3H3,(H,21,22). The summed E-state index contributed by atoms with van der Waals surface area (Å²) in [5, 5.41) is 18.0. The molecule has 0 saturated carbocycles. The van der Waals surface area contributed by atoms with Gasteiger partial charge in [0.25, 0.3) is 5.56 Å². The molecular weight excluding hydrogens is 296 g/mol. The molecule has 7 nitrogen and oxygen atoms in total. The molecule has 0 bridgehead atoms. The van der Waals surface area contributed by atoms with Gasteiger partial charge in [-0.1, -0.05) is 17.7 Å². The summed E-state index contributed by atoms with van der Waals surface area (Å²) in [6.45, 7) is 5.13. The maximum atomic E-state index is 12.4. The van der Waals surface area contributed by atoms with E-state index < -0.39 is 18.1 Å². The molecule has 0 radical (unpaired) electrons. The van der Waals surface area contributed by atoms with E-state index in [0.29, 0.717) is 11.1 Å². The highest BCUT2D eigenvalue weighted by Crippen LogP contribution is 2.21. The molecule has 0 saturated heterocycles. The summed E-state index contributed by atoms with van der Waals surface area (Å²) in [7, 11) is 0. The Hall–Kier alpha value is -2.96. The Morgan fingerprint density at radius 1 is 1.13 bits per heavy atom. The van der Waals surface area contributed by atoms with Crippen LogP contribution < -0.4 is 5.56 Å². The summed E-state index contributed by atoms with van der Waals surface area (Å²) in [6, 6.07) is 7.78. The quantitative estimate of drug-likeness (QED) is 0.793. The van der Waals surface area contributed by atoms with Crippen molar-refractivity contribution in [1.29, 1.82) is 0 Å². The molecule has 1 N–H and O–H groups in total. The van der Waals surface area contributed by atoms with Crippen molar-refractivity contribution in [3.8, 4) is 5.69 Å². The number of nitrogens with zero attached hydrogens (tertiary/aromatic N) is 4. The average Bonchev–Trinajstić information content (AvgIpc) is 2.83. The van der Waals surface area contributed by atoms with Crippen LogP contribution in [0.3, 0.4) is 0 Å². The SMILES string of the molecule is Cc1ccc(-n2nc3c(=O)n(CC(=O)O)nc(C)c3c2C)cc1. The highest BCUT2D eigenvalue weighted by molar-refractivity contribution is 5.83. The Bertz CT molecular complexity index is 968. The number of hydrogen-bond donors (Lipinski definition) is 1. The molecule has 3 aromatic rings. The predicted octanol–water partition coefficient (Wildman–Crippen LogP) is 1.59. The lowest BCUT2D eigenvalue weighted by Gasteiger charge is -2.05. The van der Waals surface area contributed by atoms with Crippen LogP contribution in [0.25, 0.3) is 16.6 Å². The first-order valence-electron chi connectivity index (χ1n) is 7.14. The highest BCUT2D eigenvalue weighted by atomic mass is 16.4. The van der Waals surface area contributed by atoms with Crippen molar-refractivity contribution in [3.05, 3.63) is 51.6 Å². The number of fused-ring (bicyclic) bond motifs is 1. The molecule has 23 heavy (non-hydrogen) atoms. The van der Waals surface area contributed by atoms with Crippen molar-refractivity contribution >= 4 is 16.9 Å². The molecule has 0 aliphatic heterocycles. The van der Waals surface area contributed by atoms with E-state index in [1.54, 1.807) is 11.6 Å². The molecule has 1 aromatic carbocycles. The maximum absolute atomic E-state index is 12.4. The van der Waals surface area contributed by atoms with Gasteiger partial charge < -0.3 is 5.11 Å². The maximum Gasteiger partial charge on any atom is 0.325 e. The van der Waals surface area contributed by atoms with Gasteiger partial charge in [-0.25, -0.2) is 9.36 Å². The molecule has 0 atom stereocenters. The molecule has 0 unspecified atom stereocenters. The van der Waals surface area contributed by atoms with E-state index >= 15 is 0 Å². The molecule has 2 aromatic heterocycles. The first kappa shape index (κ1) is 15.0. The van der Waals surface area contributed by atoms with Crippen LogP contribution in [0.2, 0.25) is 0 Å². The Kier molecular flexibility index (Phi) is 3.48. The van der Waals surface area contributed by atoms with Crippen molar-refractivity contribution in [2.45, 2.75) is 27.3 Å². The number of carbonyl (C=O) groups is 1. The summed E-state index contributed by atoms with van der Waals surface area (Å²) >= 11 is 0. The molecule has 0 aliphatic rings. The minimum absolute atomic E-state index is 0.233. The number of benzene rings is 1. The van der Waals surface area contributed by atoms with Crippen LogP contribution in [0, 0.1) is 20.8 Å². The van der Waals surface area contributed by atoms with Crippen molar-refractivity contribution in [3.63, 3.8) is 0 Å². The number of carboxylic acids is 1. The molecular formula is C16H16N4O3. The Balaban J connectivity index is 2.27. The molecule has 0 spiro atoms. The van der Waals surface area contributed by atoms with E-state index in [4.69, 9.17) is 5.11 Å². The fourth-order valence-electron chi connectivity index (χ4n) is 2.66. The van der Waals surface area contributed by atoms with Gasteiger partial charge >= 0.3 is 5.97 Å². The van der Waals surface area contributed by atoms with Gasteiger partial charge in [-0.15, -0.1) is 0 Å². The van der Waals surface area contributed by atoms with Crippen LogP contribution in [0.15, 0.2) is 29.1 Å². The third-order valence-corrected chi connectivity index (χ3v) is 3.75. The number of hydrogen-bond acceptors (Lipinski definition) is 4. The Morgan fingerprint density at radius 2 is 1.78 bits per heavy atom. The zero-order chi connectivity index (χ0) is 16.7. The Morgan fingerprint density at radius 3 is 2.39 bits per heavy atom. The smallest absolute Gasteiger partial charge is 0.325 e. The van der Waals surface area contributed by atoms with E-state index in [-0.39, 0.29) is 5.52 Å². The van der Waals surface area contributed by atoms with Gasteiger partial charge in [0.05, 0.1) is 22.5 Å². The fourth-order valence-corrected chi connectivity index (χ4v) is 2.66. The lowest BCUT2D eigenvalue weighted by molar-refractivity contribution is -0.138. The third kappa shape index (κ3) is 2.50. The van der Waals surface area contributed by atoms with Gasteiger partial charge in [-0.3, -0.25) is 9.59 Å². The van der Waals surface area contributed by atoms with Gasteiger partial charge in [-0.2, -0.15) is 10.2 Å². The first-order chi connectivity index (χ1) is 10.9. The largest absolute Gasteiger partial charge is 0.480 e. The predicted molar refractivity (Wildman–Crippen MR) is 85.0 cm³/mol. The van der Waals surface area contributed by atoms with Gasteiger partial charge in [0.1, 0.15) is 6.54 Å². The second-order valence-electron chi connectivity index (χ2n) is 5.50. The summed E-state index contributed by atoms with van der Waals surface area (Å²) in [4.78, 5) is 23.3. The van der Waals surface area contributed by atoms with E-state index in [2.05, 4.69) is 10.2 Å². The third-order valence-electron chi connectivity index (χ3n) is 3.75. The number of aliphatic carboxylic acids is 1. The van der Waals surface area contributed by atoms with Gasteiger partial charge in [-0.05, 0) is 32.9 Å². The summed E-state index contributed by atoms with van der Waals surface area (Å²) in [5.41, 5.74) is 3.08. The van der Waals surface area contributed by atoms with Crippen molar-refractivity contribution < 1.29 is 9.90 Å². The summed E-state index contributed by atoms with van der Waals surface area (Å²) < 4.78 is 2.62. The van der Waals surface area contributed by atoms with Gasteiger partial charge in [0.15, 0.2) is 5.52 Å². The van der Waals surface area contributed by atoms with Crippen LogP contribution in [0.1, 0.15) is 17.0 Å². The summed E-state index contributed by atoms with van der Waals surface area (Å²) in [6.07, 6.45) is 0. The number of rotatable bonds is 3. The topological polar surface area (TPSA) is 90.0 Å². The monoisotopic (exact) mass is 312 g/mol. The van der Waals surface area contributed by atoms with E-state index in [1.165, 1.54) is 0 Å². The van der Waals surface area contributed by atoms with E-state index in [0.717, 1.165) is 21.6 Å². The lowest BCUT2D eigenvalue weighted by Crippen LogP contribution is -2.27. The van der Waals surface area contributed by atoms with Crippen LogP contribution in [-0.4, -0.2) is 30.6 Å². The normalized spacial score (nSPS) is 11.1. The Labute approximate surface area is 131 Å². The van der Waals surface area contributed by atoms with Gasteiger partial charge in [0.2, 0.25) is 0 Å². The highest BCUT2D eigenvalue weighted by Gasteiger charge is 2.18. The van der Waals surface area contributed by atoms with Crippen molar-refractivity contribution in [2.24, 2.45) is 0 Å². The van der Waals surface area contributed by atoms with E-state index in [1.807, 2.05) is 38.1 Å². The molecule has 2 heterocycles. The number of carboxylic acid groups (broad SMARTS) is 1. The van der Waals surface area contributed by atoms with Crippen molar-refractivity contribution in [1.82, 2.24) is 19.6 Å². The zero-order valence-corrected chi connectivity index (χ0v) is 13.1. The molecule has 0 amide bonds. The van der Waals surface area contributed by atoms with Gasteiger partial charge in [0, 0.05) is 0 Å². The van der Waals surface area contributed by atoms with Crippen LogP contribution in [0.4, 0.5) is 0 Å². The minimum Gasteiger partial charge on any atom is -0.480 e. The molecule has 0 aliphatic carbocycles. The first-order valence-corrected chi connectivity index (χ1v) is 7.14. The minimum atomic E-state index is -1.12. The summed E-state index contributed by atoms with van der Waals surface area (Å²) in [5.74, 6) is -1.12. The second kappa shape index (κ2) is 5.35.